The molecular formula is C24H18N4O3. The molecule has 5 aromatic rings. The topological polar surface area (TPSA) is 78.6 Å². The number of ether oxygens (including phenoxy) is 2. The summed E-state index contributed by atoms with van der Waals surface area (Å²) in [5, 5.41) is 5.04. The van der Waals surface area contributed by atoms with Gasteiger partial charge in [0.25, 0.3) is 0 Å². The molecular weight excluding hydrogens is 392 g/mol. The van der Waals surface area contributed by atoms with Crippen molar-refractivity contribution in [2.75, 3.05) is 7.11 Å². The Labute approximate surface area is 177 Å². The van der Waals surface area contributed by atoms with Gasteiger partial charge in [-0.2, -0.15) is 5.10 Å². The minimum atomic E-state index is -0.577. The fraction of sp³-hybridized carbons (Fsp3) is 0.0833. The van der Waals surface area contributed by atoms with Gasteiger partial charge in [-0.25, -0.2) is 14.3 Å². The maximum absolute atomic E-state index is 12.7. The van der Waals surface area contributed by atoms with Crippen molar-refractivity contribution in [3.05, 3.63) is 90.5 Å². The van der Waals surface area contributed by atoms with Gasteiger partial charge >= 0.3 is 5.97 Å². The van der Waals surface area contributed by atoms with E-state index in [0.29, 0.717) is 16.9 Å². The molecule has 5 rings (SSSR count). The summed E-state index contributed by atoms with van der Waals surface area (Å²) in [5.74, 6) is -0.270. The fourth-order valence-corrected chi connectivity index (χ4v) is 3.64. The van der Waals surface area contributed by atoms with E-state index in [4.69, 9.17) is 9.47 Å². The Kier molecular flexibility index (Phi) is 4.76. The second-order valence-corrected chi connectivity index (χ2v) is 6.89. The first-order valence-electron chi connectivity index (χ1n) is 9.73. The van der Waals surface area contributed by atoms with Crippen molar-refractivity contribution in [3.8, 4) is 16.9 Å². The molecule has 3 heterocycles. The molecule has 0 aliphatic heterocycles. The molecule has 0 saturated carbocycles. The summed E-state index contributed by atoms with van der Waals surface area (Å²) in [6.07, 6.45) is 3.11. The van der Waals surface area contributed by atoms with Crippen LogP contribution in [0.3, 0.4) is 0 Å². The standard InChI is InChI=1S/C24H18N4O3/c1-30-24(29)21-22(31-14-16-8-4-2-5-9-16)20-19(23-26-15-27-28(21)23)18(12-13-25-20)17-10-6-3-7-11-17/h2-13,15H,14H2,1H3. The first kappa shape index (κ1) is 18.7. The van der Waals surface area contributed by atoms with Gasteiger partial charge in [-0.05, 0) is 22.8 Å². The van der Waals surface area contributed by atoms with Crippen molar-refractivity contribution >= 4 is 22.5 Å². The Morgan fingerprint density at radius 3 is 2.45 bits per heavy atom. The zero-order valence-electron chi connectivity index (χ0n) is 16.7. The van der Waals surface area contributed by atoms with Gasteiger partial charge in [-0.15, -0.1) is 0 Å². The number of pyridine rings is 2. The smallest absolute Gasteiger partial charge is 0.360 e. The predicted molar refractivity (Wildman–Crippen MR) is 116 cm³/mol. The lowest BCUT2D eigenvalue weighted by atomic mass is 10.0. The Hall–Kier alpha value is -4.26. The maximum atomic E-state index is 12.7. The molecule has 0 unspecified atom stereocenters. The van der Waals surface area contributed by atoms with Crippen LogP contribution in [0, 0.1) is 0 Å². The molecule has 0 saturated heterocycles. The molecule has 7 heteroatoms. The lowest BCUT2D eigenvalue weighted by Gasteiger charge is -2.16. The number of hydrogen-bond acceptors (Lipinski definition) is 6. The summed E-state index contributed by atoms with van der Waals surface area (Å²) in [5.41, 5.74) is 4.07. The highest BCUT2D eigenvalue weighted by Gasteiger charge is 2.26. The number of aromatic nitrogens is 4. The zero-order valence-corrected chi connectivity index (χ0v) is 16.7. The molecule has 0 amide bonds. The van der Waals surface area contributed by atoms with E-state index in [1.54, 1.807) is 6.20 Å². The van der Waals surface area contributed by atoms with Crippen LogP contribution in [-0.2, 0) is 11.3 Å². The van der Waals surface area contributed by atoms with Crippen molar-refractivity contribution in [1.29, 1.82) is 0 Å². The summed E-state index contributed by atoms with van der Waals surface area (Å²) >= 11 is 0. The molecule has 0 bridgehead atoms. The summed E-state index contributed by atoms with van der Waals surface area (Å²) in [4.78, 5) is 21.7. The van der Waals surface area contributed by atoms with E-state index >= 15 is 0 Å². The molecule has 0 aliphatic rings. The number of nitrogens with zero attached hydrogens (tertiary/aromatic N) is 4. The van der Waals surface area contributed by atoms with Crippen molar-refractivity contribution in [2.45, 2.75) is 6.61 Å². The van der Waals surface area contributed by atoms with Crippen LogP contribution in [0.4, 0.5) is 0 Å². The van der Waals surface area contributed by atoms with Crippen LogP contribution in [0.25, 0.3) is 27.7 Å². The van der Waals surface area contributed by atoms with Crippen LogP contribution in [-0.4, -0.2) is 32.7 Å². The number of carbonyl (C=O) groups excluding carboxylic acids is 1. The van der Waals surface area contributed by atoms with E-state index in [9.17, 15) is 4.79 Å². The minimum absolute atomic E-state index is 0.149. The molecule has 0 N–H and O–H groups in total. The first-order chi connectivity index (χ1) is 15.3. The molecule has 2 aromatic carbocycles. The number of fused-ring (bicyclic) bond motifs is 3. The van der Waals surface area contributed by atoms with Crippen LogP contribution in [0.15, 0.2) is 79.3 Å². The lowest BCUT2D eigenvalue weighted by Crippen LogP contribution is -2.14. The maximum Gasteiger partial charge on any atom is 0.360 e. The average molecular weight is 410 g/mol. The molecule has 0 fully saturated rings. The number of rotatable bonds is 5. The van der Waals surface area contributed by atoms with Crippen LogP contribution in [0.1, 0.15) is 16.1 Å². The van der Waals surface area contributed by atoms with Crippen LogP contribution in [0.5, 0.6) is 5.75 Å². The number of esters is 1. The Morgan fingerprint density at radius 2 is 1.71 bits per heavy atom. The van der Waals surface area contributed by atoms with Gasteiger partial charge in [-0.1, -0.05) is 60.7 Å². The van der Waals surface area contributed by atoms with Crippen molar-refractivity contribution in [3.63, 3.8) is 0 Å². The van der Waals surface area contributed by atoms with E-state index < -0.39 is 5.97 Å². The second-order valence-electron chi connectivity index (χ2n) is 6.89. The Bertz CT molecular complexity index is 1380. The molecule has 3 aromatic heterocycles. The van der Waals surface area contributed by atoms with E-state index in [1.807, 2.05) is 66.7 Å². The van der Waals surface area contributed by atoms with Crippen LogP contribution in [0.2, 0.25) is 0 Å². The van der Waals surface area contributed by atoms with Crippen LogP contribution >= 0.6 is 0 Å². The van der Waals surface area contributed by atoms with Gasteiger partial charge in [0.05, 0.1) is 12.5 Å². The number of hydrogen-bond donors (Lipinski definition) is 0. The van der Waals surface area contributed by atoms with E-state index in [1.165, 1.54) is 18.0 Å². The largest absolute Gasteiger partial charge is 0.484 e. The monoisotopic (exact) mass is 410 g/mol. The zero-order chi connectivity index (χ0) is 21.2. The number of methoxy groups -OCH3 is 1. The van der Waals surface area contributed by atoms with E-state index in [0.717, 1.165) is 22.1 Å². The van der Waals surface area contributed by atoms with Crippen LogP contribution < -0.4 is 4.74 Å². The molecule has 0 aliphatic carbocycles. The van der Waals surface area contributed by atoms with Gasteiger partial charge in [0.1, 0.15) is 18.5 Å². The molecule has 31 heavy (non-hydrogen) atoms. The summed E-state index contributed by atoms with van der Waals surface area (Å²) in [6.45, 7) is 0.261. The van der Waals surface area contributed by atoms with Crippen molar-refractivity contribution in [1.82, 2.24) is 19.6 Å². The molecule has 0 radical (unpaired) electrons. The SMILES string of the molecule is COC(=O)c1c(OCc2ccccc2)c2nccc(-c3ccccc3)c2c2ncnn12. The summed E-state index contributed by atoms with van der Waals surface area (Å²) < 4.78 is 12.7. The molecule has 0 spiro atoms. The van der Waals surface area contributed by atoms with E-state index in [-0.39, 0.29) is 12.3 Å². The Morgan fingerprint density at radius 1 is 0.968 bits per heavy atom. The fourth-order valence-electron chi connectivity index (χ4n) is 3.64. The van der Waals surface area contributed by atoms with Gasteiger partial charge in [0.15, 0.2) is 17.1 Å². The minimum Gasteiger partial charge on any atom is -0.484 e. The van der Waals surface area contributed by atoms with Gasteiger partial charge in [0.2, 0.25) is 0 Å². The second kappa shape index (κ2) is 7.87. The average Bonchev–Trinajstić information content (AvgIpc) is 3.32. The third-order valence-electron chi connectivity index (χ3n) is 5.05. The first-order valence-corrected chi connectivity index (χ1v) is 9.73. The molecule has 0 atom stereocenters. The quantitative estimate of drug-likeness (QED) is 0.402. The third-order valence-corrected chi connectivity index (χ3v) is 5.05. The normalized spacial score (nSPS) is 11.0. The molecule has 152 valence electrons. The van der Waals surface area contributed by atoms with Crippen molar-refractivity contribution < 1.29 is 14.3 Å². The third kappa shape index (κ3) is 3.26. The van der Waals surface area contributed by atoms with Gasteiger partial charge in [0, 0.05) is 6.20 Å². The lowest BCUT2D eigenvalue weighted by molar-refractivity contribution is 0.0585. The van der Waals surface area contributed by atoms with Gasteiger partial charge < -0.3 is 9.47 Å². The Balaban J connectivity index is 1.80. The summed E-state index contributed by atoms with van der Waals surface area (Å²) in [6, 6.07) is 21.6. The number of carbonyl (C=O) groups is 1. The van der Waals surface area contributed by atoms with E-state index in [2.05, 4.69) is 15.1 Å². The van der Waals surface area contributed by atoms with Gasteiger partial charge in [-0.3, -0.25) is 4.98 Å². The number of benzene rings is 2. The predicted octanol–water partition coefficient (Wildman–Crippen LogP) is 4.31. The molecule has 7 nitrogen and oxygen atoms in total. The highest BCUT2D eigenvalue weighted by atomic mass is 16.5. The van der Waals surface area contributed by atoms with Crippen molar-refractivity contribution in [2.24, 2.45) is 0 Å². The highest BCUT2D eigenvalue weighted by molar-refractivity contribution is 6.09. The highest BCUT2D eigenvalue weighted by Crippen LogP contribution is 2.37. The summed E-state index contributed by atoms with van der Waals surface area (Å²) in [7, 11) is 1.32.